The molecule has 0 spiro atoms. The lowest BCUT2D eigenvalue weighted by molar-refractivity contribution is -0.132. The first-order valence-electron chi connectivity index (χ1n) is 8.36. The van der Waals surface area contributed by atoms with Crippen molar-refractivity contribution in [3.63, 3.8) is 0 Å². The number of hydrogen-bond donors (Lipinski definition) is 1. The second-order valence-electron chi connectivity index (χ2n) is 6.01. The Morgan fingerprint density at radius 1 is 1.15 bits per heavy atom. The maximum atomic E-state index is 12.0. The highest BCUT2D eigenvalue weighted by molar-refractivity contribution is 6.38. The van der Waals surface area contributed by atoms with Crippen LogP contribution >= 0.6 is 0 Å². The summed E-state index contributed by atoms with van der Waals surface area (Å²) in [6.07, 6.45) is 1.02. The van der Waals surface area contributed by atoms with Gasteiger partial charge in [-0.05, 0) is 29.7 Å². The molecule has 0 aliphatic heterocycles. The molecule has 1 heterocycles. The lowest BCUT2D eigenvalue weighted by Gasteiger charge is -2.07. The smallest absolute Gasteiger partial charge is 0.434 e. The fourth-order valence-electron chi connectivity index (χ4n) is 2.74. The first-order valence-corrected chi connectivity index (χ1v) is 8.36. The third-order valence-corrected chi connectivity index (χ3v) is 4.03. The predicted molar refractivity (Wildman–Crippen MR) is 101 cm³/mol. The van der Waals surface area contributed by atoms with Crippen molar-refractivity contribution in [1.82, 2.24) is 10.2 Å². The van der Waals surface area contributed by atoms with Crippen LogP contribution in [0.3, 0.4) is 0 Å². The number of aromatic nitrogens is 2. The van der Waals surface area contributed by atoms with Crippen LogP contribution in [0, 0.1) is 6.92 Å². The van der Waals surface area contributed by atoms with E-state index in [-0.39, 0.29) is 18.7 Å². The maximum Gasteiger partial charge on any atom is 0.434 e. The Kier molecular flexibility index (Phi) is 5.61. The number of ether oxygens (including phenoxy) is 2. The van der Waals surface area contributed by atoms with Gasteiger partial charge in [-0.25, -0.2) is 9.59 Å². The number of rotatable bonds is 5. The minimum atomic E-state index is -0.833. The molecule has 0 fully saturated rings. The number of carbonyl (C=O) groups excluding carboxylic acids is 2. The normalized spacial score (nSPS) is 11.4. The van der Waals surface area contributed by atoms with Crippen LogP contribution < -0.4 is 0 Å². The fraction of sp³-hybridized carbons (Fsp3) is 0.200. The van der Waals surface area contributed by atoms with Crippen molar-refractivity contribution >= 4 is 28.7 Å². The number of carbonyl (C=O) groups is 2. The molecule has 0 aliphatic rings. The highest BCUT2D eigenvalue weighted by Gasteiger charge is 2.17. The van der Waals surface area contributed by atoms with Gasteiger partial charge in [-0.3, -0.25) is 5.10 Å². The largest absolute Gasteiger partial charge is 0.465 e. The van der Waals surface area contributed by atoms with Gasteiger partial charge in [0.2, 0.25) is 0 Å². The maximum absolute atomic E-state index is 12.0. The summed E-state index contributed by atoms with van der Waals surface area (Å²) < 4.78 is 9.88. The monoisotopic (exact) mass is 365 g/mol. The summed E-state index contributed by atoms with van der Waals surface area (Å²) in [6, 6.07) is 13.0. The van der Waals surface area contributed by atoms with Crippen molar-refractivity contribution in [1.29, 1.82) is 0 Å². The number of nitrogens with one attached hydrogen (secondary N) is 1. The van der Waals surface area contributed by atoms with Crippen LogP contribution in [0.25, 0.3) is 10.9 Å². The summed E-state index contributed by atoms with van der Waals surface area (Å²) in [6.45, 7) is 2.02. The molecular formula is C20H19N3O4. The molecule has 7 heteroatoms. The number of H-pyrrole nitrogens is 1. The van der Waals surface area contributed by atoms with Crippen LogP contribution in [0.2, 0.25) is 0 Å². The molecule has 1 amide bonds. The average molecular weight is 365 g/mol. The molecule has 0 saturated heterocycles. The van der Waals surface area contributed by atoms with E-state index < -0.39 is 12.1 Å². The topological polar surface area (TPSA) is 93.6 Å². The van der Waals surface area contributed by atoms with Gasteiger partial charge in [0.05, 0.1) is 18.8 Å². The number of amides is 1. The molecular weight excluding hydrogens is 346 g/mol. The Morgan fingerprint density at radius 2 is 1.93 bits per heavy atom. The molecule has 3 rings (SSSR count). The van der Waals surface area contributed by atoms with Crippen LogP contribution in [-0.4, -0.2) is 35.1 Å². The zero-order valence-electron chi connectivity index (χ0n) is 15.1. The zero-order chi connectivity index (χ0) is 19.2. The van der Waals surface area contributed by atoms with E-state index in [9.17, 15) is 9.59 Å². The molecule has 0 bridgehead atoms. The van der Waals surface area contributed by atoms with E-state index in [1.165, 1.54) is 7.11 Å². The molecule has 0 aliphatic carbocycles. The Balaban J connectivity index is 1.77. The number of hydrogen-bond acceptors (Lipinski definition) is 5. The number of aliphatic imine (C=N–C) groups is 1. The van der Waals surface area contributed by atoms with Gasteiger partial charge in [-0.15, -0.1) is 0 Å². The Hall–Kier alpha value is -3.48. The highest BCUT2D eigenvalue weighted by atomic mass is 16.5. The van der Waals surface area contributed by atoms with Crippen LogP contribution in [0.15, 0.2) is 53.7 Å². The number of nitrogens with zero attached hydrogens (tertiary/aromatic N) is 2. The van der Waals surface area contributed by atoms with E-state index >= 15 is 0 Å². The van der Waals surface area contributed by atoms with Gasteiger partial charge in [0, 0.05) is 11.8 Å². The minimum Gasteiger partial charge on any atom is -0.465 e. The Morgan fingerprint density at radius 3 is 2.67 bits per heavy atom. The molecule has 1 aromatic heterocycles. The van der Waals surface area contributed by atoms with Gasteiger partial charge in [0.25, 0.3) is 0 Å². The number of aromatic amines is 1. The van der Waals surface area contributed by atoms with Gasteiger partial charge in [0.15, 0.2) is 0 Å². The summed E-state index contributed by atoms with van der Waals surface area (Å²) in [5.41, 5.74) is 3.55. The summed E-state index contributed by atoms with van der Waals surface area (Å²) in [7, 11) is 1.25. The number of methoxy groups -OCH3 is 1. The lowest BCUT2D eigenvalue weighted by atomic mass is 10.0. The highest BCUT2D eigenvalue weighted by Crippen LogP contribution is 2.19. The first kappa shape index (κ1) is 18.3. The predicted octanol–water partition coefficient (Wildman–Crippen LogP) is 3.36. The van der Waals surface area contributed by atoms with Crippen molar-refractivity contribution in [2.45, 2.75) is 20.0 Å². The molecule has 0 unspecified atom stereocenters. The fourth-order valence-corrected chi connectivity index (χ4v) is 2.74. The van der Waals surface area contributed by atoms with E-state index in [1.807, 2.05) is 49.4 Å². The van der Waals surface area contributed by atoms with E-state index in [4.69, 9.17) is 9.47 Å². The minimum absolute atomic E-state index is 0.0159. The molecule has 2 aromatic carbocycles. The average Bonchev–Trinajstić information content (AvgIpc) is 3.15. The summed E-state index contributed by atoms with van der Waals surface area (Å²) in [4.78, 5) is 27.9. The molecule has 7 nitrogen and oxygen atoms in total. The summed E-state index contributed by atoms with van der Waals surface area (Å²) in [5, 5.41) is 7.85. The number of benzene rings is 2. The number of aryl methyl sites for hydroxylation is 1. The number of fused-ring (bicyclic) bond motifs is 1. The Bertz CT molecular complexity index is 993. The first-order chi connectivity index (χ1) is 13.1. The van der Waals surface area contributed by atoms with Gasteiger partial charge < -0.3 is 9.47 Å². The SMILES string of the molecule is COC(=O)C(Cc1cc(C)c2[nH]ncc2c1)=NC(=O)OCc1ccccc1. The van der Waals surface area contributed by atoms with Crippen LogP contribution in [0.4, 0.5) is 4.79 Å². The lowest BCUT2D eigenvalue weighted by Crippen LogP contribution is -2.20. The summed E-state index contributed by atoms with van der Waals surface area (Å²) in [5.74, 6) is -0.670. The third-order valence-electron chi connectivity index (χ3n) is 4.03. The van der Waals surface area contributed by atoms with Gasteiger partial charge in [-0.2, -0.15) is 10.1 Å². The quantitative estimate of drug-likeness (QED) is 0.553. The van der Waals surface area contributed by atoms with E-state index in [0.717, 1.165) is 27.6 Å². The van der Waals surface area contributed by atoms with E-state index in [0.29, 0.717) is 0 Å². The zero-order valence-corrected chi connectivity index (χ0v) is 15.1. The Labute approximate surface area is 156 Å². The van der Waals surface area contributed by atoms with E-state index in [1.54, 1.807) is 6.20 Å². The second-order valence-corrected chi connectivity index (χ2v) is 6.01. The molecule has 138 valence electrons. The standard InChI is InChI=1S/C20H19N3O4/c1-13-8-15(9-16-11-21-23-18(13)16)10-17(19(24)26-2)22-20(25)27-12-14-6-4-3-5-7-14/h3-9,11H,10,12H2,1-2H3,(H,21,23). The van der Waals surface area contributed by atoms with Crippen molar-refractivity contribution in [2.24, 2.45) is 4.99 Å². The molecule has 3 aromatic rings. The van der Waals surface area contributed by atoms with Crippen molar-refractivity contribution in [3.8, 4) is 0 Å². The van der Waals surface area contributed by atoms with Crippen LogP contribution in [-0.2, 0) is 27.3 Å². The molecule has 0 saturated carbocycles. The number of esters is 1. The van der Waals surface area contributed by atoms with Gasteiger partial charge in [-0.1, -0.05) is 36.4 Å². The van der Waals surface area contributed by atoms with Crippen LogP contribution in [0.5, 0.6) is 0 Å². The summed E-state index contributed by atoms with van der Waals surface area (Å²) >= 11 is 0. The third kappa shape index (κ3) is 4.58. The van der Waals surface area contributed by atoms with E-state index in [2.05, 4.69) is 15.2 Å². The molecule has 1 N–H and O–H groups in total. The second kappa shape index (κ2) is 8.27. The van der Waals surface area contributed by atoms with Crippen molar-refractivity contribution < 1.29 is 19.1 Å². The van der Waals surface area contributed by atoms with Gasteiger partial charge >= 0.3 is 12.1 Å². The molecule has 0 radical (unpaired) electrons. The molecule has 0 atom stereocenters. The van der Waals surface area contributed by atoms with Crippen LogP contribution in [0.1, 0.15) is 16.7 Å². The molecule has 27 heavy (non-hydrogen) atoms. The van der Waals surface area contributed by atoms with Crippen molar-refractivity contribution in [3.05, 3.63) is 65.4 Å². The van der Waals surface area contributed by atoms with Gasteiger partial charge in [0.1, 0.15) is 12.3 Å². The van der Waals surface area contributed by atoms with Crippen molar-refractivity contribution in [2.75, 3.05) is 7.11 Å².